The first-order valence-electron chi connectivity index (χ1n) is 7.76. The lowest BCUT2D eigenvalue weighted by Gasteiger charge is -2.15. The molecule has 124 valence electrons. The highest BCUT2D eigenvalue weighted by molar-refractivity contribution is 7.91. The standard InChI is InChI=1S/C14H29N3O3S/c1-4-15-14(16-7-5-8-20-10-12(2)3)17-13-6-9-21(18,19)11-13/h12-13H,4-11H2,1-3H3,(H2,15,16,17). The van der Waals surface area contributed by atoms with Gasteiger partial charge in [0.2, 0.25) is 0 Å². The fraction of sp³-hybridized carbons (Fsp3) is 0.929. The van der Waals surface area contributed by atoms with E-state index in [9.17, 15) is 8.42 Å². The predicted molar refractivity (Wildman–Crippen MR) is 86.4 cm³/mol. The summed E-state index contributed by atoms with van der Waals surface area (Å²) >= 11 is 0. The zero-order valence-electron chi connectivity index (χ0n) is 13.4. The molecule has 0 radical (unpaired) electrons. The molecule has 1 heterocycles. The van der Waals surface area contributed by atoms with Crippen molar-refractivity contribution in [3.8, 4) is 0 Å². The van der Waals surface area contributed by atoms with Gasteiger partial charge in [-0.05, 0) is 25.7 Å². The molecule has 1 unspecified atom stereocenters. The van der Waals surface area contributed by atoms with Crippen LogP contribution in [0.3, 0.4) is 0 Å². The summed E-state index contributed by atoms with van der Waals surface area (Å²) in [5.41, 5.74) is 0. The van der Waals surface area contributed by atoms with E-state index in [4.69, 9.17) is 4.74 Å². The molecule has 1 fully saturated rings. The molecule has 0 saturated carbocycles. The average molecular weight is 319 g/mol. The number of rotatable bonds is 8. The van der Waals surface area contributed by atoms with Gasteiger partial charge in [0.1, 0.15) is 0 Å². The molecule has 0 aromatic carbocycles. The summed E-state index contributed by atoms with van der Waals surface area (Å²) in [5, 5.41) is 6.35. The maximum atomic E-state index is 11.5. The Morgan fingerprint density at radius 1 is 1.43 bits per heavy atom. The lowest BCUT2D eigenvalue weighted by Crippen LogP contribution is -2.44. The Morgan fingerprint density at radius 3 is 2.76 bits per heavy atom. The number of sulfone groups is 1. The molecule has 1 aliphatic rings. The highest BCUT2D eigenvalue weighted by Gasteiger charge is 2.28. The van der Waals surface area contributed by atoms with Crippen LogP contribution in [0, 0.1) is 5.92 Å². The summed E-state index contributed by atoms with van der Waals surface area (Å²) in [4.78, 5) is 4.46. The maximum absolute atomic E-state index is 11.5. The molecule has 7 heteroatoms. The van der Waals surface area contributed by atoms with Crippen LogP contribution in [-0.2, 0) is 14.6 Å². The highest BCUT2D eigenvalue weighted by Crippen LogP contribution is 2.10. The third kappa shape index (κ3) is 8.26. The predicted octanol–water partition coefficient (Wildman–Crippen LogP) is 0.791. The molecule has 0 aromatic heterocycles. The normalized spacial score (nSPS) is 21.7. The van der Waals surface area contributed by atoms with Crippen molar-refractivity contribution in [2.75, 3.05) is 37.8 Å². The largest absolute Gasteiger partial charge is 0.381 e. The molecule has 1 atom stereocenters. The van der Waals surface area contributed by atoms with E-state index in [0.29, 0.717) is 31.4 Å². The Kier molecular flexibility index (Phi) is 8.03. The number of ether oxygens (including phenoxy) is 1. The van der Waals surface area contributed by atoms with Gasteiger partial charge in [-0.2, -0.15) is 0 Å². The minimum absolute atomic E-state index is 0.0232. The second kappa shape index (κ2) is 9.25. The summed E-state index contributed by atoms with van der Waals surface area (Å²) in [7, 11) is -2.86. The van der Waals surface area contributed by atoms with Crippen LogP contribution in [0.5, 0.6) is 0 Å². The van der Waals surface area contributed by atoms with E-state index in [1.54, 1.807) is 0 Å². The molecule has 0 aromatic rings. The first-order chi connectivity index (χ1) is 9.93. The van der Waals surface area contributed by atoms with E-state index in [1.807, 2.05) is 6.92 Å². The van der Waals surface area contributed by atoms with Crippen LogP contribution in [0.25, 0.3) is 0 Å². The minimum Gasteiger partial charge on any atom is -0.381 e. The fourth-order valence-electron chi connectivity index (χ4n) is 2.10. The van der Waals surface area contributed by atoms with Crippen molar-refractivity contribution in [1.29, 1.82) is 0 Å². The maximum Gasteiger partial charge on any atom is 0.191 e. The van der Waals surface area contributed by atoms with E-state index in [-0.39, 0.29) is 17.5 Å². The number of aliphatic imine (C=N–C) groups is 1. The van der Waals surface area contributed by atoms with Crippen LogP contribution in [0.15, 0.2) is 4.99 Å². The molecule has 0 spiro atoms. The number of guanidine groups is 1. The van der Waals surface area contributed by atoms with E-state index >= 15 is 0 Å². The van der Waals surface area contributed by atoms with Crippen LogP contribution >= 0.6 is 0 Å². The molecule has 0 aliphatic carbocycles. The summed E-state index contributed by atoms with van der Waals surface area (Å²) < 4.78 is 28.4. The van der Waals surface area contributed by atoms with Gasteiger partial charge in [-0.3, -0.25) is 4.99 Å². The Balaban J connectivity index is 2.30. The van der Waals surface area contributed by atoms with Crippen molar-refractivity contribution < 1.29 is 13.2 Å². The SMILES string of the molecule is CCNC(=NCCCOCC(C)C)NC1CCS(=O)(=O)C1. The van der Waals surface area contributed by atoms with Gasteiger partial charge in [0.05, 0.1) is 11.5 Å². The van der Waals surface area contributed by atoms with Crippen molar-refractivity contribution in [2.45, 2.75) is 39.7 Å². The molecular weight excluding hydrogens is 290 g/mol. The van der Waals surface area contributed by atoms with Gasteiger partial charge < -0.3 is 15.4 Å². The van der Waals surface area contributed by atoms with Crippen LogP contribution in [-0.4, -0.2) is 58.2 Å². The van der Waals surface area contributed by atoms with Gasteiger partial charge in [0.15, 0.2) is 15.8 Å². The first kappa shape index (κ1) is 18.2. The van der Waals surface area contributed by atoms with Gasteiger partial charge >= 0.3 is 0 Å². The Hall–Kier alpha value is -0.820. The third-order valence-corrected chi connectivity index (χ3v) is 4.85. The Bertz CT molecular complexity index is 421. The van der Waals surface area contributed by atoms with Crippen molar-refractivity contribution >= 4 is 15.8 Å². The van der Waals surface area contributed by atoms with Gasteiger partial charge in [0.25, 0.3) is 0 Å². The summed E-state index contributed by atoms with van der Waals surface area (Å²) in [6.07, 6.45) is 1.52. The van der Waals surface area contributed by atoms with Crippen molar-refractivity contribution in [1.82, 2.24) is 10.6 Å². The third-order valence-electron chi connectivity index (χ3n) is 3.09. The van der Waals surface area contributed by atoms with Crippen LogP contribution < -0.4 is 10.6 Å². The average Bonchev–Trinajstić information content (AvgIpc) is 2.72. The summed E-state index contributed by atoms with van der Waals surface area (Å²) in [6, 6.07) is -0.0232. The van der Waals surface area contributed by atoms with E-state index < -0.39 is 9.84 Å². The first-order valence-corrected chi connectivity index (χ1v) is 9.58. The number of hydrogen-bond acceptors (Lipinski definition) is 4. The van der Waals surface area contributed by atoms with E-state index in [2.05, 4.69) is 29.5 Å². The molecule has 6 nitrogen and oxygen atoms in total. The van der Waals surface area contributed by atoms with Gasteiger partial charge in [-0.15, -0.1) is 0 Å². The van der Waals surface area contributed by atoms with Crippen molar-refractivity contribution in [3.63, 3.8) is 0 Å². The molecule has 1 aliphatic heterocycles. The second-order valence-corrected chi connectivity index (χ2v) is 8.06. The Morgan fingerprint density at radius 2 is 2.19 bits per heavy atom. The van der Waals surface area contributed by atoms with E-state index in [0.717, 1.165) is 19.6 Å². The molecule has 1 saturated heterocycles. The summed E-state index contributed by atoms with van der Waals surface area (Å²) in [6.45, 7) is 9.17. The molecule has 2 N–H and O–H groups in total. The quantitative estimate of drug-likeness (QED) is 0.393. The zero-order chi connectivity index (χ0) is 15.7. The fourth-order valence-corrected chi connectivity index (χ4v) is 3.77. The molecule has 21 heavy (non-hydrogen) atoms. The highest BCUT2D eigenvalue weighted by atomic mass is 32.2. The monoisotopic (exact) mass is 319 g/mol. The van der Waals surface area contributed by atoms with Crippen molar-refractivity contribution in [3.05, 3.63) is 0 Å². The van der Waals surface area contributed by atoms with E-state index in [1.165, 1.54) is 0 Å². The van der Waals surface area contributed by atoms with Crippen LogP contribution in [0.1, 0.15) is 33.6 Å². The summed E-state index contributed by atoms with van der Waals surface area (Å²) in [5.74, 6) is 1.72. The number of hydrogen-bond donors (Lipinski definition) is 2. The molecule has 1 rings (SSSR count). The second-order valence-electron chi connectivity index (χ2n) is 5.83. The van der Waals surface area contributed by atoms with Gasteiger partial charge in [0, 0.05) is 32.3 Å². The smallest absolute Gasteiger partial charge is 0.191 e. The van der Waals surface area contributed by atoms with Crippen LogP contribution in [0.2, 0.25) is 0 Å². The van der Waals surface area contributed by atoms with Crippen molar-refractivity contribution in [2.24, 2.45) is 10.9 Å². The molecular formula is C14H29N3O3S. The number of nitrogens with zero attached hydrogens (tertiary/aromatic N) is 1. The Labute approximate surface area is 128 Å². The zero-order valence-corrected chi connectivity index (χ0v) is 14.2. The molecule has 0 amide bonds. The molecule has 0 bridgehead atoms. The van der Waals surface area contributed by atoms with Crippen LogP contribution in [0.4, 0.5) is 0 Å². The lowest BCUT2D eigenvalue weighted by atomic mass is 10.2. The lowest BCUT2D eigenvalue weighted by molar-refractivity contribution is 0.109. The number of nitrogens with one attached hydrogen (secondary N) is 2. The topological polar surface area (TPSA) is 79.8 Å². The van der Waals surface area contributed by atoms with Gasteiger partial charge in [-0.25, -0.2) is 8.42 Å². The van der Waals surface area contributed by atoms with Gasteiger partial charge in [-0.1, -0.05) is 13.8 Å². The minimum atomic E-state index is -2.86.